The van der Waals surface area contributed by atoms with Gasteiger partial charge in [-0.2, -0.15) is 0 Å². The van der Waals surface area contributed by atoms with Crippen molar-refractivity contribution in [2.75, 3.05) is 25.9 Å². The average Bonchev–Trinajstić information content (AvgIpc) is 2.39. The molecule has 104 valence electrons. The molecule has 1 aromatic rings. The SMILES string of the molecule is COc1ccc(CN2CCC(C(=O)O)CC2)cc1N. The molecule has 1 heterocycles. The third kappa shape index (κ3) is 3.38. The van der Waals surface area contributed by atoms with Gasteiger partial charge in [-0.25, -0.2) is 0 Å². The van der Waals surface area contributed by atoms with E-state index in [1.54, 1.807) is 7.11 Å². The van der Waals surface area contributed by atoms with Gasteiger partial charge in [0.15, 0.2) is 0 Å². The lowest BCUT2D eigenvalue weighted by Crippen LogP contribution is -2.35. The van der Waals surface area contributed by atoms with Crippen LogP contribution < -0.4 is 10.5 Å². The summed E-state index contributed by atoms with van der Waals surface area (Å²) >= 11 is 0. The predicted molar refractivity (Wildman–Crippen MR) is 73.0 cm³/mol. The summed E-state index contributed by atoms with van der Waals surface area (Å²) in [6.45, 7) is 2.45. The summed E-state index contributed by atoms with van der Waals surface area (Å²) in [5, 5.41) is 8.96. The van der Waals surface area contributed by atoms with E-state index in [2.05, 4.69) is 4.90 Å². The number of nitrogens with zero attached hydrogens (tertiary/aromatic N) is 1. The van der Waals surface area contributed by atoms with E-state index in [1.807, 2.05) is 18.2 Å². The lowest BCUT2D eigenvalue weighted by atomic mass is 9.97. The molecular weight excluding hydrogens is 244 g/mol. The lowest BCUT2D eigenvalue weighted by molar-refractivity contribution is -0.143. The number of nitrogen functional groups attached to an aromatic ring is 1. The summed E-state index contributed by atoms with van der Waals surface area (Å²) in [4.78, 5) is 13.2. The molecule has 0 radical (unpaired) electrons. The highest BCUT2D eigenvalue weighted by Gasteiger charge is 2.24. The molecule has 5 heteroatoms. The van der Waals surface area contributed by atoms with E-state index in [9.17, 15) is 4.79 Å². The van der Waals surface area contributed by atoms with Crippen molar-refractivity contribution < 1.29 is 14.6 Å². The van der Waals surface area contributed by atoms with Crippen molar-refractivity contribution in [1.82, 2.24) is 4.90 Å². The molecule has 1 saturated heterocycles. The molecule has 0 aromatic heterocycles. The quantitative estimate of drug-likeness (QED) is 0.807. The minimum Gasteiger partial charge on any atom is -0.495 e. The van der Waals surface area contributed by atoms with Crippen LogP contribution in [0.2, 0.25) is 0 Å². The van der Waals surface area contributed by atoms with E-state index in [4.69, 9.17) is 15.6 Å². The van der Waals surface area contributed by atoms with Gasteiger partial charge in [0.25, 0.3) is 0 Å². The number of anilines is 1. The highest BCUT2D eigenvalue weighted by molar-refractivity contribution is 5.70. The first kappa shape index (κ1) is 13.7. The molecule has 1 aliphatic heterocycles. The summed E-state index contributed by atoms with van der Waals surface area (Å²) in [7, 11) is 1.60. The standard InChI is InChI=1S/C14H20N2O3/c1-19-13-3-2-10(8-12(13)15)9-16-6-4-11(5-7-16)14(17)18/h2-3,8,11H,4-7,9,15H2,1H3,(H,17,18). The minimum absolute atomic E-state index is 0.183. The number of rotatable bonds is 4. The zero-order valence-corrected chi connectivity index (χ0v) is 11.1. The highest BCUT2D eigenvalue weighted by atomic mass is 16.5. The Morgan fingerprint density at radius 2 is 2.16 bits per heavy atom. The Morgan fingerprint density at radius 3 is 2.68 bits per heavy atom. The van der Waals surface area contributed by atoms with Crippen molar-refractivity contribution in [3.8, 4) is 5.75 Å². The van der Waals surface area contributed by atoms with Crippen LogP contribution in [0, 0.1) is 5.92 Å². The number of piperidine rings is 1. The number of methoxy groups -OCH3 is 1. The van der Waals surface area contributed by atoms with Crippen molar-refractivity contribution >= 4 is 11.7 Å². The van der Waals surface area contributed by atoms with Gasteiger partial charge in [-0.05, 0) is 43.6 Å². The molecule has 0 bridgehead atoms. The number of benzene rings is 1. The minimum atomic E-state index is -0.673. The van der Waals surface area contributed by atoms with E-state index in [1.165, 1.54) is 0 Å². The molecule has 0 aliphatic carbocycles. The molecule has 0 spiro atoms. The van der Waals surface area contributed by atoms with Crippen LogP contribution in [0.4, 0.5) is 5.69 Å². The summed E-state index contributed by atoms with van der Waals surface area (Å²) < 4.78 is 5.13. The summed E-state index contributed by atoms with van der Waals surface area (Å²) in [6, 6.07) is 5.79. The Hall–Kier alpha value is -1.75. The second-order valence-corrected chi connectivity index (χ2v) is 4.96. The third-order valence-electron chi connectivity index (χ3n) is 3.64. The van der Waals surface area contributed by atoms with Gasteiger partial charge in [0.2, 0.25) is 0 Å². The molecule has 5 nitrogen and oxygen atoms in total. The highest BCUT2D eigenvalue weighted by Crippen LogP contribution is 2.24. The monoisotopic (exact) mass is 264 g/mol. The predicted octanol–water partition coefficient (Wildman–Crippen LogP) is 1.57. The van der Waals surface area contributed by atoms with E-state index >= 15 is 0 Å². The maximum atomic E-state index is 10.9. The molecule has 0 atom stereocenters. The van der Waals surface area contributed by atoms with Crippen LogP contribution in [-0.4, -0.2) is 36.2 Å². The number of carbonyl (C=O) groups is 1. The maximum absolute atomic E-state index is 10.9. The molecule has 1 fully saturated rings. The van der Waals surface area contributed by atoms with Gasteiger partial charge in [-0.1, -0.05) is 6.07 Å². The zero-order valence-electron chi connectivity index (χ0n) is 11.1. The van der Waals surface area contributed by atoms with Crippen molar-refractivity contribution in [3.63, 3.8) is 0 Å². The fourth-order valence-corrected chi connectivity index (χ4v) is 2.48. The summed E-state index contributed by atoms with van der Waals surface area (Å²) in [6.07, 6.45) is 1.45. The zero-order chi connectivity index (χ0) is 13.8. The third-order valence-corrected chi connectivity index (χ3v) is 3.64. The van der Waals surface area contributed by atoms with Crippen LogP contribution in [0.25, 0.3) is 0 Å². The molecule has 0 unspecified atom stereocenters. The molecule has 2 rings (SSSR count). The van der Waals surface area contributed by atoms with Crippen molar-refractivity contribution in [1.29, 1.82) is 0 Å². The second-order valence-electron chi connectivity index (χ2n) is 4.96. The average molecular weight is 264 g/mol. The first-order chi connectivity index (χ1) is 9.10. The van der Waals surface area contributed by atoms with E-state index in [-0.39, 0.29) is 5.92 Å². The number of hydrogen-bond donors (Lipinski definition) is 2. The van der Waals surface area contributed by atoms with Crippen molar-refractivity contribution in [2.24, 2.45) is 5.92 Å². The smallest absolute Gasteiger partial charge is 0.306 e. The van der Waals surface area contributed by atoms with Crippen LogP contribution in [0.15, 0.2) is 18.2 Å². The van der Waals surface area contributed by atoms with Gasteiger partial charge >= 0.3 is 5.97 Å². The molecule has 3 N–H and O–H groups in total. The Kier molecular flexibility index (Phi) is 4.27. The van der Waals surface area contributed by atoms with Gasteiger partial charge < -0.3 is 15.6 Å². The van der Waals surface area contributed by atoms with E-state index in [0.29, 0.717) is 11.4 Å². The van der Waals surface area contributed by atoms with Gasteiger partial charge in [0, 0.05) is 6.54 Å². The Bertz CT molecular complexity index is 454. The Morgan fingerprint density at radius 1 is 1.47 bits per heavy atom. The van der Waals surface area contributed by atoms with Gasteiger partial charge in [0.05, 0.1) is 18.7 Å². The summed E-state index contributed by atoms with van der Waals surface area (Å²) in [5.41, 5.74) is 7.65. The van der Waals surface area contributed by atoms with Crippen LogP contribution >= 0.6 is 0 Å². The number of carboxylic acids is 1. The maximum Gasteiger partial charge on any atom is 0.306 e. The second kappa shape index (κ2) is 5.93. The molecule has 0 saturated carbocycles. The topological polar surface area (TPSA) is 75.8 Å². The van der Waals surface area contributed by atoms with E-state index in [0.717, 1.165) is 38.0 Å². The normalized spacial score (nSPS) is 17.3. The molecule has 1 aliphatic rings. The first-order valence-corrected chi connectivity index (χ1v) is 6.47. The molecule has 19 heavy (non-hydrogen) atoms. The Labute approximate surface area is 113 Å². The lowest BCUT2D eigenvalue weighted by Gasteiger charge is -2.30. The van der Waals surface area contributed by atoms with Crippen LogP contribution in [0.3, 0.4) is 0 Å². The van der Waals surface area contributed by atoms with E-state index < -0.39 is 5.97 Å². The van der Waals surface area contributed by atoms with Gasteiger partial charge in [0.1, 0.15) is 5.75 Å². The van der Waals surface area contributed by atoms with Crippen molar-refractivity contribution in [3.05, 3.63) is 23.8 Å². The summed E-state index contributed by atoms with van der Waals surface area (Å²) in [5.74, 6) is -0.168. The van der Waals surface area contributed by atoms with Crippen molar-refractivity contribution in [2.45, 2.75) is 19.4 Å². The fourth-order valence-electron chi connectivity index (χ4n) is 2.48. The Balaban J connectivity index is 1.92. The number of aliphatic carboxylic acids is 1. The fraction of sp³-hybridized carbons (Fsp3) is 0.500. The number of nitrogens with two attached hydrogens (primary N) is 1. The molecular formula is C14H20N2O3. The number of carboxylic acid groups (broad SMARTS) is 1. The molecule has 0 amide bonds. The van der Waals surface area contributed by atoms with Gasteiger partial charge in [-0.3, -0.25) is 9.69 Å². The first-order valence-electron chi connectivity index (χ1n) is 6.47. The number of hydrogen-bond acceptors (Lipinski definition) is 4. The molecule has 1 aromatic carbocycles. The number of likely N-dealkylation sites (tertiary alicyclic amines) is 1. The van der Waals surface area contributed by atoms with Crippen LogP contribution in [0.1, 0.15) is 18.4 Å². The van der Waals surface area contributed by atoms with Crippen LogP contribution in [0.5, 0.6) is 5.75 Å². The van der Waals surface area contributed by atoms with Gasteiger partial charge in [-0.15, -0.1) is 0 Å². The van der Waals surface area contributed by atoms with Crippen LogP contribution in [-0.2, 0) is 11.3 Å². The largest absolute Gasteiger partial charge is 0.495 e. The number of ether oxygens (including phenoxy) is 1.